The molecule has 3 aliphatic heterocycles. The minimum atomic E-state index is 0.521. The van der Waals surface area contributed by atoms with Gasteiger partial charge in [-0.1, -0.05) is 0 Å². The lowest BCUT2D eigenvalue weighted by Crippen LogP contribution is -2.54. The molecule has 3 heterocycles. The van der Waals surface area contributed by atoms with Gasteiger partial charge in [0.15, 0.2) is 5.96 Å². The molecule has 0 aromatic rings. The van der Waals surface area contributed by atoms with Gasteiger partial charge in [0.1, 0.15) is 0 Å². The standard InChI is InChI=1S/C14H26N4O2/c1-3-15-14(16-4-1)17-10-13(12-2-7-20-11-12)18-5-8-19-9-6-18/h12-13H,1-11H2,(H2,15,16,17)/t12-,13+/m1/s1. The molecule has 2 atom stereocenters. The Morgan fingerprint density at radius 1 is 1.30 bits per heavy atom. The fourth-order valence-electron chi connectivity index (χ4n) is 3.21. The van der Waals surface area contributed by atoms with E-state index < -0.39 is 0 Å². The Bertz CT molecular complexity index is 325. The lowest BCUT2D eigenvalue weighted by Gasteiger charge is -2.37. The van der Waals surface area contributed by atoms with Crippen molar-refractivity contribution in [1.82, 2.24) is 15.5 Å². The highest BCUT2D eigenvalue weighted by Crippen LogP contribution is 2.21. The molecule has 0 aliphatic carbocycles. The number of hydrogen-bond acceptors (Lipinski definition) is 6. The second-order valence-electron chi connectivity index (χ2n) is 5.73. The number of rotatable bonds is 4. The number of nitrogens with one attached hydrogen (secondary N) is 2. The Kier molecular flexibility index (Phi) is 5.11. The highest BCUT2D eigenvalue weighted by atomic mass is 16.5. The molecule has 0 unspecified atom stereocenters. The highest BCUT2D eigenvalue weighted by Gasteiger charge is 2.31. The number of guanidine groups is 1. The summed E-state index contributed by atoms with van der Waals surface area (Å²) in [6, 6.07) is 0.521. The Balaban J connectivity index is 1.57. The molecule has 3 rings (SSSR count). The summed E-state index contributed by atoms with van der Waals surface area (Å²) in [4.78, 5) is 7.05. The van der Waals surface area contributed by atoms with Crippen LogP contribution in [0, 0.1) is 5.92 Å². The maximum atomic E-state index is 5.59. The van der Waals surface area contributed by atoms with Crippen molar-refractivity contribution in [1.29, 1.82) is 0 Å². The van der Waals surface area contributed by atoms with Crippen LogP contribution in [0.5, 0.6) is 0 Å². The van der Waals surface area contributed by atoms with Crippen LogP contribution in [0.2, 0.25) is 0 Å². The quantitative estimate of drug-likeness (QED) is 0.739. The Morgan fingerprint density at radius 3 is 2.90 bits per heavy atom. The first-order valence-corrected chi connectivity index (χ1v) is 7.85. The van der Waals surface area contributed by atoms with Gasteiger partial charge in [0.2, 0.25) is 0 Å². The summed E-state index contributed by atoms with van der Waals surface area (Å²) in [6.07, 6.45) is 2.30. The third-order valence-electron chi connectivity index (χ3n) is 4.40. The van der Waals surface area contributed by atoms with Crippen molar-refractivity contribution in [3.63, 3.8) is 0 Å². The molecule has 114 valence electrons. The van der Waals surface area contributed by atoms with Gasteiger partial charge in [-0.25, -0.2) is 0 Å². The zero-order valence-corrected chi connectivity index (χ0v) is 12.1. The number of aliphatic imine (C=N–C) groups is 1. The fourth-order valence-corrected chi connectivity index (χ4v) is 3.21. The molecule has 3 aliphatic rings. The predicted octanol–water partition coefficient (Wildman–Crippen LogP) is -0.337. The smallest absolute Gasteiger partial charge is 0.191 e. The van der Waals surface area contributed by atoms with E-state index in [4.69, 9.17) is 9.47 Å². The summed E-state index contributed by atoms with van der Waals surface area (Å²) in [5.41, 5.74) is 0. The normalized spacial score (nSPS) is 29.6. The fraction of sp³-hybridized carbons (Fsp3) is 0.929. The number of ether oxygens (including phenoxy) is 2. The van der Waals surface area contributed by atoms with Crippen molar-refractivity contribution in [2.24, 2.45) is 10.9 Å². The molecule has 2 N–H and O–H groups in total. The second-order valence-corrected chi connectivity index (χ2v) is 5.73. The number of hydrogen-bond donors (Lipinski definition) is 2. The van der Waals surface area contributed by atoms with Crippen molar-refractivity contribution in [3.05, 3.63) is 0 Å². The van der Waals surface area contributed by atoms with Crippen molar-refractivity contribution in [3.8, 4) is 0 Å². The topological polar surface area (TPSA) is 58.1 Å². The average Bonchev–Trinajstić information content (AvgIpc) is 3.04. The first-order valence-electron chi connectivity index (χ1n) is 7.85. The van der Waals surface area contributed by atoms with Crippen LogP contribution in [0.25, 0.3) is 0 Å². The lowest BCUT2D eigenvalue weighted by atomic mass is 9.97. The monoisotopic (exact) mass is 282 g/mol. The first kappa shape index (κ1) is 14.1. The average molecular weight is 282 g/mol. The molecule has 0 bridgehead atoms. The van der Waals surface area contributed by atoms with Crippen LogP contribution in [0.4, 0.5) is 0 Å². The third-order valence-corrected chi connectivity index (χ3v) is 4.40. The molecular weight excluding hydrogens is 256 g/mol. The van der Waals surface area contributed by atoms with E-state index in [1.807, 2.05) is 0 Å². The van der Waals surface area contributed by atoms with E-state index >= 15 is 0 Å². The van der Waals surface area contributed by atoms with Gasteiger partial charge in [-0.15, -0.1) is 0 Å². The van der Waals surface area contributed by atoms with E-state index in [0.29, 0.717) is 12.0 Å². The van der Waals surface area contributed by atoms with Crippen molar-refractivity contribution in [2.75, 3.05) is 59.2 Å². The summed E-state index contributed by atoms with van der Waals surface area (Å²) >= 11 is 0. The molecular formula is C14H26N4O2. The van der Waals surface area contributed by atoms with E-state index in [1.54, 1.807) is 0 Å². The summed E-state index contributed by atoms with van der Waals surface area (Å²) in [7, 11) is 0. The zero-order chi connectivity index (χ0) is 13.6. The Labute approximate surface area is 120 Å². The molecule has 6 nitrogen and oxygen atoms in total. The van der Waals surface area contributed by atoms with Gasteiger partial charge in [0, 0.05) is 51.3 Å². The van der Waals surface area contributed by atoms with Crippen molar-refractivity contribution >= 4 is 5.96 Å². The van der Waals surface area contributed by atoms with E-state index in [9.17, 15) is 0 Å². The van der Waals surface area contributed by atoms with Gasteiger partial charge in [-0.3, -0.25) is 9.89 Å². The van der Waals surface area contributed by atoms with Crippen LogP contribution in [0.3, 0.4) is 0 Å². The van der Waals surface area contributed by atoms with E-state index in [2.05, 4.69) is 20.5 Å². The zero-order valence-electron chi connectivity index (χ0n) is 12.1. The highest BCUT2D eigenvalue weighted by molar-refractivity contribution is 5.80. The third kappa shape index (κ3) is 3.62. The van der Waals surface area contributed by atoms with E-state index in [0.717, 1.165) is 71.5 Å². The first-order chi connectivity index (χ1) is 9.93. The van der Waals surface area contributed by atoms with Crippen LogP contribution in [0.1, 0.15) is 12.8 Å². The Morgan fingerprint density at radius 2 is 2.20 bits per heavy atom. The molecule has 2 fully saturated rings. The van der Waals surface area contributed by atoms with Crippen LogP contribution in [-0.4, -0.2) is 76.1 Å². The van der Waals surface area contributed by atoms with Crippen molar-refractivity contribution < 1.29 is 9.47 Å². The Hall–Kier alpha value is -0.850. The van der Waals surface area contributed by atoms with Crippen LogP contribution in [0.15, 0.2) is 4.99 Å². The molecule has 0 aromatic carbocycles. The minimum Gasteiger partial charge on any atom is -0.381 e. The van der Waals surface area contributed by atoms with Gasteiger partial charge in [-0.2, -0.15) is 0 Å². The predicted molar refractivity (Wildman–Crippen MR) is 78.0 cm³/mol. The molecule has 0 saturated carbocycles. The van der Waals surface area contributed by atoms with Gasteiger partial charge < -0.3 is 20.1 Å². The molecule has 0 spiro atoms. The van der Waals surface area contributed by atoms with Crippen LogP contribution in [-0.2, 0) is 9.47 Å². The number of morpholine rings is 1. The molecule has 20 heavy (non-hydrogen) atoms. The minimum absolute atomic E-state index is 0.521. The second kappa shape index (κ2) is 7.24. The summed E-state index contributed by atoms with van der Waals surface area (Å²) in [5.74, 6) is 1.60. The SMILES string of the molecule is C1CN=C(NC[C@@H]([C@@H]2CCOC2)N2CCOCC2)NC1. The van der Waals surface area contributed by atoms with Crippen LogP contribution >= 0.6 is 0 Å². The van der Waals surface area contributed by atoms with Crippen molar-refractivity contribution in [2.45, 2.75) is 18.9 Å². The van der Waals surface area contributed by atoms with Gasteiger partial charge >= 0.3 is 0 Å². The summed E-state index contributed by atoms with van der Waals surface area (Å²) in [6.45, 7) is 8.47. The summed E-state index contributed by atoms with van der Waals surface area (Å²) in [5, 5.41) is 6.83. The lowest BCUT2D eigenvalue weighted by molar-refractivity contribution is 0.00246. The number of nitrogens with zero attached hydrogens (tertiary/aromatic N) is 2. The van der Waals surface area contributed by atoms with Gasteiger partial charge in [-0.05, 0) is 12.8 Å². The largest absolute Gasteiger partial charge is 0.381 e. The van der Waals surface area contributed by atoms with Gasteiger partial charge in [0.05, 0.1) is 19.8 Å². The molecule has 0 aromatic heterocycles. The van der Waals surface area contributed by atoms with E-state index in [1.165, 1.54) is 6.42 Å². The molecule has 2 saturated heterocycles. The molecule has 0 radical (unpaired) electrons. The van der Waals surface area contributed by atoms with Crippen LogP contribution < -0.4 is 10.6 Å². The summed E-state index contributed by atoms with van der Waals surface area (Å²) < 4.78 is 11.1. The molecule has 0 amide bonds. The van der Waals surface area contributed by atoms with Gasteiger partial charge in [0.25, 0.3) is 0 Å². The molecule has 6 heteroatoms. The maximum absolute atomic E-state index is 5.59. The maximum Gasteiger partial charge on any atom is 0.191 e. The van der Waals surface area contributed by atoms with E-state index in [-0.39, 0.29) is 0 Å².